The van der Waals surface area contributed by atoms with Gasteiger partial charge in [-0.3, -0.25) is 0 Å². The molecule has 0 N–H and O–H groups in total. The summed E-state index contributed by atoms with van der Waals surface area (Å²) in [6.07, 6.45) is -0.771. The fourth-order valence-corrected chi connectivity index (χ4v) is 4.63. The van der Waals surface area contributed by atoms with Gasteiger partial charge in [-0.2, -0.15) is 0 Å². The van der Waals surface area contributed by atoms with Gasteiger partial charge >= 0.3 is 0 Å². The molecule has 164 valence electrons. The molecular weight excluding hydrogens is 400 g/mol. The second-order valence-electron chi connectivity index (χ2n) is 7.25. The van der Waals surface area contributed by atoms with Gasteiger partial charge in [-0.1, -0.05) is 49.4 Å². The third-order valence-electron chi connectivity index (χ3n) is 5.22. The SMILES string of the molecule is CCS[C@@H]1O[C@@H](C)[C@H](OCc2ccccc2)[C@@H](OC)[C@H]1OCc1ccc(OC)cc1. The topological polar surface area (TPSA) is 46.2 Å². The fourth-order valence-electron chi connectivity index (χ4n) is 3.63. The monoisotopic (exact) mass is 432 g/mol. The number of hydrogen-bond acceptors (Lipinski definition) is 6. The minimum absolute atomic E-state index is 0.0939. The van der Waals surface area contributed by atoms with Crippen LogP contribution in [-0.4, -0.2) is 49.8 Å². The first-order valence-corrected chi connectivity index (χ1v) is 11.4. The van der Waals surface area contributed by atoms with Crippen LogP contribution in [0.5, 0.6) is 5.75 Å². The number of ether oxygens (including phenoxy) is 5. The first kappa shape index (κ1) is 23.1. The minimum atomic E-state index is -0.237. The highest BCUT2D eigenvalue weighted by molar-refractivity contribution is 7.99. The van der Waals surface area contributed by atoms with Crippen LogP contribution in [0, 0.1) is 0 Å². The van der Waals surface area contributed by atoms with E-state index in [4.69, 9.17) is 23.7 Å². The maximum absolute atomic E-state index is 6.35. The zero-order chi connectivity index (χ0) is 21.3. The van der Waals surface area contributed by atoms with Crippen molar-refractivity contribution in [2.24, 2.45) is 0 Å². The van der Waals surface area contributed by atoms with Crippen LogP contribution in [0.1, 0.15) is 25.0 Å². The van der Waals surface area contributed by atoms with Crippen LogP contribution in [0.2, 0.25) is 0 Å². The normalized spacial score (nSPS) is 26.5. The maximum atomic E-state index is 6.35. The van der Waals surface area contributed by atoms with Crippen LogP contribution in [0.25, 0.3) is 0 Å². The van der Waals surface area contributed by atoms with Crippen molar-refractivity contribution in [1.29, 1.82) is 0 Å². The predicted molar refractivity (Wildman–Crippen MR) is 120 cm³/mol. The first-order valence-electron chi connectivity index (χ1n) is 10.4. The summed E-state index contributed by atoms with van der Waals surface area (Å²) in [6.45, 7) is 5.15. The van der Waals surface area contributed by atoms with Gasteiger partial charge in [0.2, 0.25) is 0 Å². The van der Waals surface area contributed by atoms with Crippen LogP contribution in [0.15, 0.2) is 54.6 Å². The van der Waals surface area contributed by atoms with Gasteiger partial charge in [0.25, 0.3) is 0 Å². The van der Waals surface area contributed by atoms with E-state index in [1.54, 1.807) is 26.0 Å². The van der Waals surface area contributed by atoms with Crippen molar-refractivity contribution in [3.63, 3.8) is 0 Å². The largest absolute Gasteiger partial charge is 0.497 e. The third kappa shape index (κ3) is 5.99. The first-order chi connectivity index (χ1) is 14.7. The van der Waals surface area contributed by atoms with Gasteiger partial charge in [-0.15, -0.1) is 11.8 Å². The van der Waals surface area contributed by atoms with Gasteiger partial charge in [0, 0.05) is 7.11 Å². The number of hydrogen-bond donors (Lipinski definition) is 0. The quantitative estimate of drug-likeness (QED) is 0.543. The second kappa shape index (κ2) is 11.7. The van der Waals surface area contributed by atoms with E-state index in [0.29, 0.717) is 13.2 Å². The molecule has 30 heavy (non-hydrogen) atoms. The van der Waals surface area contributed by atoms with E-state index in [0.717, 1.165) is 22.6 Å². The number of benzene rings is 2. The summed E-state index contributed by atoms with van der Waals surface area (Å²) in [5.41, 5.74) is 2.09. The average Bonchev–Trinajstić information content (AvgIpc) is 2.78. The molecule has 0 bridgehead atoms. The number of rotatable bonds is 10. The zero-order valence-corrected chi connectivity index (χ0v) is 19.0. The zero-order valence-electron chi connectivity index (χ0n) is 18.2. The smallest absolute Gasteiger partial charge is 0.132 e. The maximum Gasteiger partial charge on any atom is 0.132 e. The van der Waals surface area contributed by atoms with E-state index < -0.39 is 0 Å². The molecule has 5 atom stereocenters. The molecule has 0 spiro atoms. The van der Waals surface area contributed by atoms with Crippen LogP contribution >= 0.6 is 11.8 Å². The fraction of sp³-hybridized carbons (Fsp3) is 0.500. The van der Waals surface area contributed by atoms with E-state index in [9.17, 15) is 0 Å². The summed E-state index contributed by atoms with van der Waals surface area (Å²) in [5.74, 6) is 1.77. The Balaban J connectivity index is 1.70. The van der Waals surface area contributed by atoms with Crippen molar-refractivity contribution in [3.8, 4) is 5.75 Å². The van der Waals surface area contributed by atoms with Crippen molar-refractivity contribution in [2.75, 3.05) is 20.0 Å². The molecule has 0 radical (unpaired) electrons. The summed E-state index contributed by atoms with van der Waals surface area (Å²) in [5, 5.41) is 0. The van der Waals surface area contributed by atoms with Crippen LogP contribution in [0.3, 0.4) is 0 Å². The molecule has 0 amide bonds. The van der Waals surface area contributed by atoms with Gasteiger partial charge in [-0.25, -0.2) is 0 Å². The Morgan fingerprint density at radius 1 is 0.833 bits per heavy atom. The van der Waals surface area contributed by atoms with Gasteiger partial charge < -0.3 is 23.7 Å². The highest BCUT2D eigenvalue weighted by Crippen LogP contribution is 2.34. The molecule has 0 saturated carbocycles. The molecule has 1 aliphatic heterocycles. The molecule has 2 aromatic carbocycles. The molecule has 1 fully saturated rings. The average molecular weight is 433 g/mol. The lowest BCUT2D eigenvalue weighted by atomic mass is 10.00. The summed E-state index contributed by atoms with van der Waals surface area (Å²) >= 11 is 1.74. The molecule has 0 unspecified atom stereocenters. The Bertz CT molecular complexity index is 739. The van der Waals surface area contributed by atoms with Crippen LogP contribution in [-0.2, 0) is 32.2 Å². The molecule has 0 aliphatic carbocycles. The van der Waals surface area contributed by atoms with E-state index in [1.807, 2.05) is 49.4 Å². The molecule has 2 aromatic rings. The van der Waals surface area contributed by atoms with E-state index >= 15 is 0 Å². The van der Waals surface area contributed by atoms with E-state index in [1.165, 1.54) is 0 Å². The molecule has 0 aromatic heterocycles. The lowest BCUT2D eigenvalue weighted by Crippen LogP contribution is -2.58. The van der Waals surface area contributed by atoms with Gasteiger partial charge in [0.15, 0.2) is 0 Å². The van der Waals surface area contributed by atoms with Gasteiger partial charge in [0.05, 0.1) is 26.4 Å². The van der Waals surface area contributed by atoms with Gasteiger partial charge in [-0.05, 0) is 35.9 Å². The van der Waals surface area contributed by atoms with Crippen molar-refractivity contribution < 1.29 is 23.7 Å². The summed E-state index contributed by atoms with van der Waals surface area (Å²) in [7, 11) is 3.39. The van der Waals surface area contributed by atoms with Crippen LogP contribution < -0.4 is 4.74 Å². The lowest BCUT2D eigenvalue weighted by molar-refractivity contribution is -0.233. The Morgan fingerprint density at radius 2 is 1.47 bits per heavy atom. The Morgan fingerprint density at radius 3 is 2.07 bits per heavy atom. The molecule has 1 saturated heterocycles. The Labute approximate surface area is 184 Å². The highest BCUT2D eigenvalue weighted by Gasteiger charge is 2.46. The summed E-state index contributed by atoms with van der Waals surface area (Å²) in [4.78, 5) is 0. The van der Waals surface area contributed by atoms with Crippen molar-refractivity contribution in [2.45, 2.75) is 56.9 Å². The molecular formula is C24H32O5S. The molecule has 1 aliphatic rings. The van der Waals surface area contributed by atoms with E-state index in [-0.39, 0.29) is 29.9 Å². The third-order valence-corrected chi connectivity index (χ3v) is 6.26. The molecule has 1 heterocycles. The Hall–Kier alpha value is -1.57. The second-order valence-corrected chi connectivity index (χ2v) is 8.63. The van der Waals surface area contributed by atoms with Crippen LogP contribution in [0.4, 0.5) is 0 Å². The summed E-state index contributed by atoms with van der Waals surface area (Å²) in [6, 6.07) is 18.1. The molecule has 6 heteroatoms. The Kier molecular flexibility index (Phi) is 9.03. The molecule has 5 nitrogen and oxygen atoms in total. The van der Waals surface area contributed by atoms with E-state index in [2.05, 4.69) is 19.1 Å². The molecule has 3 rings (SSSR count). The number of thioether (sulfide) groups is 1. The summed E-state index contributed by atoms with van der Waals surface area (Å²) < 4.78 is 30.1. The standard InChI is InChI=1S/C24H32O5S/c1-5-30-24-23(28-16-19-11-13-20(25-3)14-12-19)22(26-4)21(17(2)29-24)27-15-18-9-7-6-8-10-18/h6-14,17,21-24H,5,15-16H2,1-4H3/t17-,21-,22+,23+,24-/m0/s1. The highest BCUT2D eigenvalue weighted by atomic mass is 32.2. The number of methoxy groups -OCH3 is 2. The minimum Gasteiger partial charge on any atom is -0.497 e. The van der Waals surface area contributed by atoms with Crippen molar-refractivity contribution in [3.05, 3.63) is 65.7 Å². The predicted octanol–water partition coefficient (Wildman–Crippen LogP) is 4.68. The van der Waals surface area contributed by atoms with Crippen molar-refractivity contribution in [1.82, 2.24) is 0 Å². The lowest BCUT2D eigenvalue weighted by Gasteiger charge is -2.44. The van der Waals surface area contributed by atoms with Crippen molar-refractivity contribution >= 4 is 11.8 Å². The van der Waals surface area contributed by atoms with Gasteiger partial charge in [0.1, 0.15) is 29.5 Å².